The molecular formula is C23H26N4O6. The van der Waals surface area contributed by atoms with Crippen molar-refractivity contribution >= 4 is 12.2 Å². The fourth-order valence-electron chi connectivity index (χ4n) is 3.19. The minimum absolute atomic E-state index is 0.111. The summed E-state index contributed by atoms with van der Waals surface area (Å²) in [5.74, 6) is -0.573. The van der Waals surface area contributed by atoms with E-state index in [1.807, 2.05) is 24.3 Å². The standard InChI is InChI=1S/C23H26N4O6/c1-23(20(28)30-3,18-11-6-5-7-12-18)33-24-14-15-32-16-17-10-8-9-13-19(17)27-21(31-4)25-26(2)22(27)29/h5-14H,15-16H2,1-4H3/b24-14+. The molecule has 0 N–H and O–H groups in total. The third-order valence-electron chi connectivity index (χ3n) is 4.97. The molecule has 0 fully saturated rings. The molecule has 2 aromatic carbocycles. The molecule has 3 aromatic rings. The maximum absolute atomic E-state index is 12.5. The minimum Gasteiger partial charge on any atom is -0.467 e. The van der Waals surface area contributed by atoms with Crippen LogP contribution in [0.1, 0.15) is 18.1 Å². The molecule has 0 radical (unpaired) electrons. The van der Waals surface area contributed by atoms with E-state index in [0.717, 1.165) is 5.56 Å². The number of aromatic nitrogens is 3. The van der Waals surface area contributed by atoms with Gasteiger partial charge in [0.15, 0.2) is 0 Å². The van der Waals surface area contributed by atoms with Crippen LogP contribution in [0.5, 0.6) is 6.01 Å². The summed E-state index contributed by atoms with van der Waals surface area (Å²) in [5.41, 5.74) is 0.237. The number of esters is 1. The van der Waals surface area contributed by atoms with Gasteiger partial charge in [-0.15, -0.1) is 5.10 Å². The molecule has 3 rings (SSSR count). The third-order valence-corrected chi connectivity index (χ3v) is 4.97. The van der Waals surface area contributed by atoms with Crippen LogP contribution in [0.3, 0.4) is 0 Å². The lowest BCUT2D eigenvalue weighted by molar-refractivity contribution is -0.169. The molecular weight excluding hydrogens is 428 g/mol. The summed E-state index contributed by atoms with van der Waals surface area (Å²) in [4.78, 5) is 30.3. The maximum Gasteiger partial charge on any atom is 0.357 e. The van der Waals surface area contributed by atoms with Crippen molar-refractivity contribution in [3.8, 4) is 11.7 Å². The van der Waals surface area contributed by atoms with Crippen molar-refractivity contribution in [2.45, 2.75) is 19.1 Å². The number of oxime groups is 1. The molecule has 33 heavy (non-hydrogen) atoms. The van der Waals surface area contributed by atoms with E-state index in [1.165, 1.54) is 29.7 Å². The van der Waals surface area contributed by atoms with Gasteiger partial charge in [-0.2, -0.15) is 0 Å². The van der Waals surface area contributed by atoms with Crippen LogP contribution in [0.2, 0.25) is 0 Å². The smallest absolute Gasteiger partial charge is 0.357 e. The molecule has 1 heterocycles. The van der Waals surface area contributed by atoms with E-state index in [9.17, 15) is 9.59 Å². The zero-order chi connectivity index (χ0) is 23.8. The first kappa shape index (κ1) is 23.7. The average Bonchev–Trinajstić information content (AvgIpc) is 3.14. The molecule has 10 nitrogen and oxygen atoms in total. The molecule has 0 bridgehead atoms. The Kier molecular flexibility index (Phi) is 7.62. The van der Waals surface area contributed by atoms with Crippen molar-refractivity contribution in [3.63, 3.8) is 0 Å². The van der Waals surface area contributed by atoms with Crippen LogP contribution in [0.15, 0.2) is 64.5 Å². The summed E-state index contributed by atoms with van der Waals surface area (Å²) in [6.07, 6.45) is 1.41. The molecule has 0 aliphatic heterocycles. The Hall–Kier alpha value is -3.92. The first-order valence-electron chi connectivity index (χ1n) is 10.1. The highest BCUT2D eigenvalue weighted by Gasteiger charge is 2.39. The van der Waals surface area contributed by atoms with Crippen LogP contribution in [0, 0.1) is 0 Å². The SMILES string of the molecule is COC(=O)C(C)(O/N=C/COCc1ccccc1-n1c(OC)nn(C)c1=O)c1ccccc1. The van der Waals surface area contributed by atoms with E-state index in [0.29, 0.717) is 11.3 Å². The second kappa shape index (κ2) is 10.6. The molecule has 0 aliphatic carbocycles. The largest absolute Gasteiger partial charge is 0.467 e. The number of aryl methyl sites for hydroxylation is 1. The van der Waals surface area contributed by atoms with Crippen molar-refractivity contribution in [3.05, 3.63) is 76.2 Å². The quantitative estimate of drug-likeness (QED) is 0.200. The van der Waals surface area contributed by atoms with Gasteiger partial charge in [-0.1, -0.05) is 53.7 Å². The van der Waals surface area contributed by atoms with Gasteiger partial charge in [-0.3, -0.25) is 0 Å². The number of carbonyl (C=O) groups is 1. The lowest BCUT2D eigenvalue weighted by atomic mass is 9.96. The molecule has 1 aromatic heterocycles. The molecule has 174 valence electrons. The average molecular weight is 454 g/mol. The summed E-state index contributed by atoms with van der Waals surface area (Å²) >= 11 is 0. The summed E-state index contributed by atoms with van der Waals surface area (Å²) in [6.45, 7) is 1.89. The van der Waals surface area contributed by atoms with Crippen LogP contribution in [-0.2, 0) is 38.4 Å². The van der Waals surface area contributed by atoms with Crippen LogP contribution >= 0.6 is 0 Å². The first-order chi connectivity index (χ1) is 15.9. The predicted molar refractivity (Wildman–Crippen MR) is 120 cm³/mol. The maximum atomic E-state index is 12.5. The highest BCUT2D eigenvalue weighted by atomic mass is 16.7. The second-order valence-corrected chi connectivity index (χ2v) is 7.14. The van der Waals surface area contributed by atoms with E-state index >= 15 is 0 Å². The normalized spacial score (nSPS) is 13.0. The molecule has 1 atom stereocenters. The Bertz CT molecular complexity index is 1170. The third kappa shape index (κ3) is 5.12. The molecule has 0 aliphatic rings. The van der Waals surface area contributed by atoms with Gasteiger partial charge in [0.05, 0.1) is 39.3 Å². The lowest BCUT2D eigenvalue weighted by Gasteiger charge is -2.24. The topological polar surface area (TPSA) is 106 Å². The highest BCUT2D eigenvalue weighted by molar-refractivity contribution is 5.80. The van der Waals surface area contributed by atoms with Gasteiger partial charge in [-0.25, -0.2) is 18.8 Å². The van der Waals surface area contributed by atoms with E-state index in [2.05, 4.69) is 10.3 Å². The van der Waals surface area contributed by atoms with E-state index in [4.69, 9.17) is 19.0 Å². The van der Waals surface area contributed by atoms with Gasteiger partial charge in [0, 0.05) is 18.2 Å². The van der Waals surface area contributed by atoms with Gasteiger partial charge in [-0.05, 0) is 13.0 Å². The van der Waals surface area contributed by atoms with Crippen LogP contribution < -0.4 is 10.4 Å². The molecule has 0 saturated carbocycles. The second-order valence-electron chi connectivity index (χ2n) is 7.14. The number of rotatable bonds is 10. The number of ether oxygens (including phenoxy) is 3. The van der Waals surface area contributed by atoms with Crippen LogP contribution in [0.4, 0.5) is 0 Å². The Morgan fingerprint density at radius 2 is 1.82 bits per heavy atom. The van der Waals surface area contributed by atoms with E-state index in [1.54, 1.807) is 44.3 Å². The molecule has 0 saturated heterocycles. The Morgan fingerprint density at radius 1 is 1.12 bits per heavy atom. The fraction of sp³-hybridized carbons (Fsp3) is 0.304. The molecule has 10 heteroatoms. The van der Waals surface area contributed by atoms with E-state index < -0.39 is 11.6 Å². The fourth-order valence-corrected chi connectivity index (χ4v) is 3.19. The Labute approximate surface area is 190 Å². The summed E-state index contributed by atoms with van der Waals surface area (Å²) in [7, 11) is 4.29. The van der Waals surface area contributed by atoms with Crippen molar-refractivity contribution in [2.24, 2.45) is 12.2 Å². The number of benzene rings is 2. The van der Waals surface area contributed by atoms with Crippen molar-refractivity contribution in [2.75, 3.05) is 20.8 Å². The summed E-state index contributed by atoms with van der Waals surface area (Å²) in [5, 5.41) is 7.97. The number of methoxy groups -OCH3 is 2. The number of para-hydroxylation sites is 1. The summed E-state index contributed by atoms with van der Waals surface area (Å²) < 4.78 is 18.4. The van der Waals surface area contributed by atoms with Gasteiger partial charge < -0.3 is 19.0 Å². The number of hydrogen-bond acceptors (Lipinski definition) is 8. The first-order valence-corrected chi connectivity index (χ1v) is 10.1. The molecule has 0 amide bonds. The predicted octanol–water partition coefficient (Wildman–Crippen LogP) is 2.19. The monoisotopic (exact) mass is 454 g/mol. The van der Waals surface area contributed by atoms with Crippen molar-refractivity contribution < 1.29 is 23.8 Å². The lowest BCUT2D eigenvalue weighted by Crippen LogP contribution is -2.35. The Balaban J connectivity index is 1.66. The number of nitrogens with zero attached hydrogens (tertiary/aromatic N) is 4. The minimum atomic E-state index is -1.39. The van der Waals surface area contributed by atoms with Crippen LogP contribution in [0.25, 0.3) is 5.69 Å². The molecule has 1 unspecified atom stereocenters. The number of hydrogen-bond donors (Lipinski definition) is 0. The zero-order valence-electron chi connectivity index (χ0n) is 18.9. The van der Waals surface area contributed by atoms with E-state index in [-0.39, 0.29) is 24.9 Å². The summed E-state index contributed by atoms with van der Waals surface area (Å²) in [6, 6.07) is 16.4. The van der Waals surface area contributed by atoms with Gasteiger partial charge in [0.1, 0.15) is 0 Å². The number of carbonyl (C=O) groups excluding carboxylic acids is 1. The molecule has 0 spiro atoms. The van der Waals surface area contributed by atoms with Crippen LogP contribution in [-0.4, -0.2) is 47.4 Å². The van der Waals surface area contributed by atoms with Crippen molar-refractivity contribution in [1.29, 1.82) is 0 Å². The van der Waals surface area contributed by atoms with Gasteiger partial charge in [0.25, 0.3) is 5.60 Å². The zero-order valence-corrected chi connectivity index (χ0v) is 18.9. The van der Waals surface area contributed by atoms with Gasteiger partial charge in [0.2, 0.25) is 0 Å². The Morgan fingerprint density at radius 3 is 2.52 bits per heavy atom. The highest BCUT2D eigenvalue weighted by Crippen LogP contribution is 2.27. The van der Waals surface area contributed by atoms with Gasteiger partial charge >= 0.3 is 17.7 Å². The van der Waals surface area contributed by atoms with Crippen molar-refractivity contribution in [1.82, 2.24) is 14.3 Å².